The summed E-state index contributed by atoms with van der Waals surface area (Å²) in [7, 11) is -2.06. The molecular weight excluding hydrogens is 427 g/mol. The quantitative estimate of drug-likeness (QED) is 0.218. The summed E-state index contributed by atoms with van der Waals surface area (Å²) in [5, 5.41) is 5.88. The predicted octanol–water partition coefficient (Wildman–Crippen LogP) is 7.16. The smallest absolute Gasteiger partial charge is 0.0651 e. The van der Waals surface area contributed by atoms with Crippen LogP contribution in [0.3, 0.4) is 0 Å². The average molecular weight is 466 g/mol. The van der Waals surface area contributed by atoms with Gasteiger partial charge in [0, 0.05) is 0 Å². The van der Waals surface area contributed by atoms with Crippen LogP contribution in [0.25, 0.3) is 0 Å². The van der Waals surface area contributed by atoms with Crippen molar-refractivity contribution < 1.29 is 0 Å². The maximum absolute atomic E-state index is 2.51. The van der Waals surface area contributed by atoms with Gasteiger partial charge in [-0.1, -0.05) is 101 Å². The van der Waals surface area contributed by atoms with E-state index in [1.54, 1.807) is 22.0 Å². The third-order valence-electron chi connectivity index (χ3n) is 6.81. The van der Waals surface area contributed by atoms with Gasteiger partial charge in [0.1, 0.15) is 28.5 Å². The lowest BCUT2D eigenvalue weighted by atomic mass is 9.92. The van der Waals surface area contributed by atoms with Crippen molar-refractivity contribution >= 4 is 28.5 Å². The highest BCUT2D eigenvalue weighted by Crippen LogP contribution is 2.55. The number of rotatable bonds is 10. The second-order valence-corrected chi connectivity index (χ2v) is 12.5. The Morgan fingerprint density at radius 1 is 0.441 bits per heavy atom. The molecule has 174 valence electrons. The molecule has 0 aliphatic rings. The molecule has 0 fully saturated rings. The van der Waals surface area contributed by atoms with Gasteiger partial charge in [0.05, 0.1) is 0 Å². The zero-order valence-corrected chi connectivity index (χ0v) is 21.9. The van der Waals surface area contributed by atoms with E-state index in [4.69, 9.17) is 0 Å². The molecule has 0 aliphatic heterocycles. The largest absolute Gasteiger partial charge is 0.144 e. The van der Waals surface area contributed by atoms with E-state index in [0.29, 0.717) is 0 Å². The van der Waals surface area contributed by atoms with Crippen LogP contribution in [0.15, 0.2) is 103 Å². The Kier molecular flexibility index (Phi) is 8.36. The molecule has 0 nitrogen and oxygen atoms in total. The van der Waals surface area contributed by atoms with Crippen molar-refractivity contribution in [3.63, 3.8) is 0 Å². The van der Waals surface area contributed by atoms with Gasteiger partial charge in [0.15, 0.2) is 0 Å². The third kappa shape index (κ3) is 4.62. The minimum atomic E-state index is -2.06. The molecule has 34 heavy (non-hydrogen) atoms. The second-order valence-electron chi connectivity index (χ2n) is 9.13. The first kappa shape index (κ1) is 24.4. The van der Waals surface area contributed by atoms with Crippen LogP contribution >= 0.6 is 7.26 Å². The fourth-order valence-corrected chi connectivity index (χ4v) is 9.99. The molecule has 0 amide bonds. The molecule has 0 saturated carbocycles. The van der Waals surface area contributed by atoms with Crippen molar-refractivity contribution in [3.8, 4) is 0 Å². The first-order valence-electron chi connectivity index (χ1n) is 13.0. The highest BCUT2D eigenvalue weighted by Gasteiger charge is 2.49. The van der Waals surface area contributed by atoms with Gasteiger partial charge >= 0.3 is 0 Å². The SMILES string of the molecule is CCCc1ccc([P+](c2ccccc2)(c2ccccc2)c2ccccc2)c(CCC)c1CCC. The van der Waals surface area contributed by atoms with Gasteiger partial charge in [0.2, 0.25) is 0 Å². The number of hydrogen-bond acceptors (Lipinski definition) is 0. The molecule has 0 unspecified atom stereocenters. The Labute approximate surface area is 207 Å². The summed E-state index contributed by atoms with van der Waals surface area (Å²) in [5.74, 6) is 0. The van der Waals surface area contributed by atoms with Crippen LogP contribution in [0, 0.1) is 0 Å². The van der Waals surface area contributed by atoms with Gasteiger partial charge in [-0.25, -0.2) is 0 Å². The molecule has 0 heterocycles. The minimum absolute atomic E-state index is 1.14. The van der Waals surface area contributed by atoms with E-state index in [2.05, 4.69) is 124 Å². The molecule has 0 spiro atoms. The lowest BCUT2D eigenvalue weighted by Crippen LogP contribution is -2.40. The van der Waals surface area contributed by atoms with Crippen LogP contribution in [-0.2, 0) is 19.3 Å². The molecule has 0 radical (unpaired) electrons. The maximum Gasteiger partial charge on any atom is 0.144 e. The van der Waals surface area contributed by atoms with Crippen LogP contribution in [0.2, 0.25) is 0 Å². The van der Waals surface area contributed by atoms with E-state index < -0.39 is 7.26 Å². The van der Waals surface area contributed by atoms with Crippen LogP contribution in [0.1, 0.15) is 56.7 Å². The fraction of sp³-hybridized carbons (Fsp3) is 0.273. The third-order valence-corrected chi connectivity index (χ3v) is 11.2. The fourth-order valence-electron chi connectivity index (χ4n) is 5.46. The van der Waals surface area contributed by atoms with Crippen molar-refractivity contribution in [2.75, 3.05) is 0 Å². The summed E-state index contributed by atoms with van der Waals surface area (Å²) in [5.41, 5.74) is 4.79. The van der Waals surface area contributed by atoms with Crippen molar-refractivity contribution in [1.82, 2.24) is 0 Å². The monoisotopic (exact) mass is 465 g/mol. The van der Waals surface area contributed by atoms with Crippen LogP contribution in [0.5, 0.6) is 0 Å². The number of benzene rings is 4. The number of hydrogen-bond donors (Lipinski definition) is 0. The lowest BCUT2D eigenvalue weighted by molar-refractivity contribution is 0.829. The van der Waals surface area contributed by atoms with Gasteiger partial charge in [-0.3, -0.25) is 0 Å². The van der Waals surface area contributed by atoms with Crippen molar-refractivity contribution in [2.24, 2.45) is 0 Å². The Balaban J connectivity index is 2.17. The van der Waals surface area contributed by atoms with E-state index >= 15 is 0 Å². The molecule has 0 N–H and O–H groups in total. The normalized spacial score (nSPS) is 11.5. The first-order chi connectivity index (χ1) is 16.8. The lowest BCUT2D eigenvalue weighted by Gasteiger charge is -2.31. The summed E-state index contributed by atoms with van der Waals surface area (Å²) < 4.78 is 0. The number of aryl methyl sites for hydroxylation is 1. The van der Waals surface area contributed by atoms with E-state index in [1.165, 1.54) is 35.2 Å². The zero-order chi connectivity index (χ0) is 23.8. The van der Waals surface area contributed by atoms with Gasteiger partial charge in [-0.2, -0.15) is 0 Å². The summed E-state index contributed by atoms with van der Waals surface area (Å²) >= 11 is 0. The molecule has 4 aromatic rings. The van der Waals surface area contributed by atoms with Gasteiger partial charge in [-0.15, -0.1) is 0 Å². The summed E-state index contributed by atoms with van der Waals surface area (Å²) in [4.78, 5) is 0. The average Bonchev–Trinajstić information content (AvgIpc) is 2.89. The van der Waals surface area contributed by atoms with Gasteiger partial charge in [0.25, 0.3) is 0 Å². The van der Waals surface area contributed by atoms with Crippen molar-refractivity contribution in [2.45, 2.75) is 59.3 Å². The van der Waals surface area contributed by atoms with Crippen LogP contribution < -0.4 is 21.2 Å². The van der Waals surface area contributed by atoms with E-state index in [-0.39, 0.29) is 0 Å². The predicted molar refractivity (Wildman–Crippen MR) is 153 cm³/mol. The van der Waals surface area contributed by atoms with Gasteiger partial charge < -0.3 is 0 Å². The Morgan fingerprint density at radius 3 is 1.26 bits per heavy atom. The molecule has 0 saturated heterocycles. The van der Waals surface area contributed by atoms with Crippen molar-refractivity contribution in [1.29, 1.82) is 0 Å². The van der Waals surface area contributed by atoms with Crippen LogP contribution in [0.4, 0.5) is 0 Å². The Bertz CT molecular complexity index is 1070. The summed E-state index contributed by atoms with van der Waals surface area (Å²) in [6.07, 6.45) is 7.01. The van der Waals surface area contributed by atoms with E-state index in [0.717, 1.165) is 19.3 Å². The zero-order valence-electron chi connectivity index (χ0n) is 21.0. The second kappa shape index (κ2) is 11.6. The molecular formula is C33H38P+. The van der Waals surface area contributed by atoms with E-state index in [1.807, 2.05) is 0 Å². The Hall–Kier alpha value is -2.69. The molecule has 0 atom stereocenters. The topological polar surface area (TPSA) is 0 Å². The molecule has 0 aromatic heterocycles. The van der Waals surface area contributed by atoms with Crippen LogP contribution in [-0.4, -0.2) is 0 Å². The standard InChI is InChI=1S/C33H38P/c1-4-16-27-25-26-33(32(18-6-3)31(27)17-5-2)34(28-19-10-7-11-20-28,29-21-12-8-13-22-29)30-23-14-9-15-24-30/h7-15,19-26H,4-6,16-18H2,1-3H3/q+1. The summed E-state index contributed by atoms with van der Waals surface area (Å²) in [6, 6.07) is 38.9. The summed E-state index contributed by atoms with van der Waals surface area (Å²) in [6.45, 7) is 6.96. The minimum Gasteiger partial charge on any atom is -0.0651 e. The molecule has 0 aliphatic carbocycles. The molecule has 4 aromatic carbocycles. The Morgan fingerprint density at radius 2 is 0.853 bits per heavy atom. The highest BCUT2D eigenvalue weighted by molar-refractivity contribution is 8.01. The molecule has 1 heteroatoms. The molecule has 4 rings (SSSR count). The van der Waals surface area contributed by atoms with Crippen molar-refractivity contribution in [3.05, 3.63) is 120 Å². The first-order valence-corrected chi connectivity index (χ1v) is 14.8. The van der Waals surface area contributed by atoms with E-state index in [9.17, 15) is 0 Å². The molecule has 0 bridgehead atoms. The maximum atomic E-state index is 2.51. The van der Waals surface area contributed by atoms with Gasteiger partial charge in [-0.05, 0) is 78.4 Å². The highest BCUT2D eigenvalue weighted by atomic mass is 31.2.